The van der Waals surface area contributed by atoms with Crippen LogP contribution in [-0.2, 0) is 19.3 Å². The molecule has 0 aromatic carbocycles. The molecule has 2 fully saturated rings. The molecular weight excluding hydrogens is 466 g/mol. The van der Waals surface area contributed by atoms with Gasteiger partial charge < -0.3 is 9.80 Å². The number of carbonyl (C=O) groups is 4. The molecule has 0 spiro atoms. The maximum absolute atomic E-state index is 12.6. The third-order valence-corrected chi connectivity index (χ3v) is 6.22. The smallest absolute Gasteiger partial charge is 0.293 e. The van der Waals surface area contributed by atoms with Crippen LogP contribution in [0.5, 0.6) is 0 Å². The number of rotatable bonds is 10. The maximum atomic E-state index is 12.6. The summed E-state index contributed by atoms with van der Waals surface area (Å²) in [5, 5.41) is 0. The Bertz CT molecular complexity index is 910. The molecule has 11 heteroatoms. The number of likely N-dealkylation sites (tertiary alicyclic amines) is 2. The Morgan fingerprint density at radius 3 is 1.61 bits per heavy atom. The Labute approximate surface area is 211 Å². The number of carbonyl (C=O) groups excluding carboxylic acids is 4. The van der Waals surface area contributed by atoms with Crippen molar-refractivity contribution in [2.45, 2.75) is 78.7 Å². The lowest BCUT2D eigenvalue weighted by atomic mass is 10.2. The molecule has 2 unspecified atom stereocenters. The van der Waals surface area contributed by atoms with Crippen molar-refractivity contribution in [2.24, 2.45) is 11.8 Å². The van der Waals surface area contributed by atoms with E-state index in [-0.39, 0.29) is 35.3 Å². The summed E-state index contributed by atoms with van der Waals surface area (Å²) in [6.07, 6.45) is -0.619. The van der Waals surface area contributed by atoms with Crippen LogP contribution < -0.4 is 11.0 Å². The fourth-order valence-corrected chi connectivity index (χ4v) is 4.45. The van der Waals surface area contributed by atoms with E-state index in [1.807, 2.05) is 41.5 Å². The van der Waals surface area contributed by atoms with Crippen LogP contribution in [0.15, 0.2) is 18.2 Å². The average Bonchev–Trinajstić information content (AvgIpc) is 3.24. The molecule has 3 heterocycles. The fourth-order valence-electron chi connectivity index (χ4n) is 4.45. The molecule has 0 aliphatic carbocycles. The van der Waals surface area contributed by atoms with Crippen molar-refractivity contribution >= 4 is 23.6 Å². The number of pyridine rings is 1. The first-order valence-electron chi connectivity index (χ1n) is 12.5. The minimum Gasteiger partial charge on any atom is -0.337 e. The van der Waals surface area contributed by atoms with Gasteiger partial charge >= 0.3 is 0 Å². The number of amides is 4. The van der Waals surface area contributed by atoms with Gasteiger partial charge in [-0.05, 0) is 37.8 Å². The molecule has 1 aromatic rings. The van der Waals surface area contributed by atoms with Gasteiger partial charge in [0.15, 0.2) is 12.2 Å². The second-order valence-corrected chi connectivity index (χ2v) is 10.4. The molecule has 0 radical (unpaired) electrons. The number of nitrogens with zero attached hydrogens (tertiary/aromatic N) is 3. The highest BCUT2D eigenvalue weighted by atomic mass is 16.7. The van der Waals surface area contributed by atoms with Gasteiger partial charge in [0, 0.05) is 38.0 Å². The fraction of sp³-hybridized carbons (Fsp3) is 0.640. The second-order valence-electron chi connectivity index (χ2n) is 10.4. The quantitative estimate of drug-likeness (QED) is 0.465. The van der Waals surface area contributed by atoms with Gasteiger partial charge in [0.05, 0.1) is 0 Å². The lowest BCUT2D eigenvalue weighted by Gasteiger charge is -2.23. The van der Waals surface area contributed by atoms with Crippen molar-refractivity contribution in [2.75, 3.05) is 13.1 Å². The number of hydrogen-bond donors (Lipinski definition) is 2. The SMILES string of the molecule is CC(C)CN1C(=O)[C@H](ONC(=O)c2cccc(C(=O)NO[C@@H]3CC(C)N(CC(C)C)C3=O)n2)CC1C. The van der Waals surface area contributed by atoms with Crippen molar-refractivity contribution in [3.8, 4) is 0 Å². The van der Waals surface area contributed by atoms with Crippen molar-refractivity contribution in [1.29, 1.82) is 0 Å². The van der Waals surface area contributed by atoms with Crippen molar-refractivity contribution in [3.05, 3.63) is 29.6 Å². The highest BCUT2D eigenvalue weighted by Crippen LogP contribution is 2.23. The summed E-state index contributed by atoms with van der Waals surface area (Å²) in [6.45, 7) is 13.3. The Hall–Kier alpha value is -3.05. The molecule has 2 aliphatic heterocycles. The van der Waals surface area contributed by atoms with Crippen LogP contribution in [0.2, 0.25) is 0 Å². The van der Waals surface area contributed by atoms with Crippen LogP contribution in [0, 0.1) is 11.8 Å². The van der Waals surface area contributed by atoms with E-state index in [0.29, 0.717) is 37.8 Å². The number of nitrogens with one attached hydrogen (secondary N) is 2. The number of aromatic nitrogens is 1. The molecule has 11 nitrogen and oxygen atoms in total. The Kier molecular flexibility index (Phi) is 9.02. The van der Waals surface area contributed by atoms with Crippen LogP contribution in [0.1, 0.15) is 75.4 Å². The van der Waals surface area contributed by atoms with E-state index in [2.05, 4.69) is 15.9 Å². The van der Waals surface area contributed by atoms with Crippen LogP contribution in [0.25, 0.3) is 0 Å². The molecule has 2 saturated heterocycles. The van der Waals surface area contributed by atoms with Crippen molar-refractivity contribution in [1.82, 2.24) is 25.7 Å². The first-order valence-corrected chi connectivity index (χ1v) is 12.5. The Balaban J connectivity index is 1.53. The van der Waals surface area contributed by atoms with E-state index in [1.165, 1.54) is 18.2 Å². The minimum atomic E-state index is -0.774. The summed E-state index contributed by atoms with van der Waals surface area (Å²) in [7, 11) is 0. The van der Waals surface area contributed by atoms with Crippen molar-refractivity contribution in [3.63, 3.8) is 0 Å². The predicted octanol–water partition coefficient (Wildman–Crippen LogP) is 1.70. The summed E-state index contributed by atoms with van der Waals surface area (Å²) in [5.41, 5.74) is 4.43. The molecule has 3 rings (SSSR count). The second kappa shape index (κ2) is 11.8. The summed E-state index contributed by atoms with van der Waals surface area (Å²) in [4.78, 5) is 68.6. The Morgan fingerprint density at radius 1 is 0.861 bits per heavy atom. The molecule has 0 saturated carbocycles. The highest BCUT2D eigenvalue weighted by Gasteiger charge is 2.40. The van der Waals surface area contributed by atoms with E-state index >= 15 is 0 Å². The Morgan fingerprint density at radius 2 is 1.25 bits per heavy atom. The third-order valence-electron chi connectivity index (χ3n) is 6.22. The number of hydroxylamine groups is 2. The lowest BCUT2D eigenvalue weighted by molar-refractivity contribution is -0.141. The monoisotopic (exact) mass is 503 g/mol. The van der Waals surface area contributed by atoms with Crippen molar-refractivity contribution < 1.29 is 28.9 Å². The van der Waals surface area contributed by atoms with Gasteiger partial charge in [0.25, 0.3) is 23.6 Å². The molecule has 1 aromatic heterocycles. The maximum Gasteiger partial charge on any atom is 0.293 e. The largest absolute Gasteiger partial charge is 0.337 e. The van der Waals surface area contributed by atoms with Gasteiger partial charge in [-0.1, -0.05) is 33.8 Å². The first-order chi connectivity index (χ1) is 17.0. The van der Waals surface area contributed by atoms with Gasteiger partial charge in [0.1, 0.15) is 11.4 Å². The molecule has 2 aliphatic rings. The lowest BCUT2D eigenvalue weighted by Crippen LogP contribution is -2.39. The zero-order valence-corrected chi connectivity index (χ0v) is 21.8. The molecule has 36 heavy (non-hydrogen) atoms. The van der Waals surface area contributed by atoms with Crippen LogP contribution in [0.3, 0.4) is 0 Å². The van der Waals surface area contributed by atoms with Crippen LogP contribution in [0.4, 0.5) is 0 Å². The van der Waals surface area contributed by atoms with Gasteiger partial charge in [-0.2, -0.15) is 0 Å². The van der Waals surface area contributed by atoms with E-state index < -0.39 is 24.0 Å². The summed E-state index contributed by atoms with van der Waals surface area (Å²) < 4.78 is 0. The number of hydrogen-bond acceptors (Lipinski definition) is 7. The summed E-state index contributed by atoms with van der Waals surface area (Å²) >= 11 is 0. The predicted molar refractivity (Wildman–Crippen MR) is 130 cm³/mol. The first kappa shape index (κ1) is 27.5. The molecule has 4 atom stereocenters. The average molecular weight is 504 g/mol. The molecule has 4 amide bonds. The topological polar surface area (TPSA) is 130 Å². The molecule has 0 bridgehead atoms. The third kappa shape index (κ3) is 6.58. The highest BCUT2D eigenvalue weighted by molar-refractivity contribution is 5.95. The van der Waals surface area contributed by atoms with E-state index in [4.69, 9.17) is 9.68 Å². The molecule has 2 N–H and O–H groups in total. The summed E-state index contributed by atoms with van der Waals surface area (Å²) in [5.74, 6) is -1.06. The standard InChI is InChI=1S/C25H37N5O6/c1-14(2)12-29-16(5)10-20(24(29)33)35-27-22(31)18-8-7-9-19(26-18)23(32)28-36-21-11-17(6)30(25(21)34)13-15(3)4/h7-9,14-17,20-21H,10-13H2,1-6H3,(H,27,31)(H,28,32)/t16?,17?,20-,21-/m1/s1. The minimum absolute atomic E-state index is 0.0131. The molecule has 198 valence electrons. The van der Waals surface area contributed by atoms with Gasteiger partial charge in [-0.25, -0.2) is 15.9 Å². The van der Waals surface area contributed by atoms with Crippen LogP contribution >= 0.6 is 0 Å². The zero-order valence-electron chi connectivity index (χ0n) is 21.8. The zero-order chi connectivity index (χ0) is 26.6. The summed E-state index contributed by atoms with van der Waals surface area (Å²) in [6, 6.07) is 4.37. The van der Waals surface area contributed by atoms with Gasteiger partial charge in [-0.3, -0.25) is 28.9 Å². The normalized spacial score (nSPS) is 24.2. The molecular formula is C25H37N5O6. The van der Waals surface area contributed by atoms with E-state index in [1.54, 1.807) is 9.80 Å². The van der Waals surface area contributed by atoms with Gasteiger partial charge in [-0.15, -0.1) is 0 Å². The van der Waals surface area contributed by atoms with E-state index in [0.717, 1.165) is 0 Å². The van der Waals surface area contributed by atoms with E-state index in [9.17, 15) is 19.2 Å². The van der Waals surface area contributed by atoms with Crippen LogP contribution in [-0.4, -0.2) is 75.8 Å². The van der Waals surface area contributed by atoms with Gasteiger partial charge in [0.2, 0.25) is 0 Å².